The summed E-state index contributed by atoms with van der Waals surface area (Å²) in [6, 6.07) is 24.8. The second kappa shape index (κ2) is 17.9. The third-order valence-corrected chi connectivity index (χ3v) is 10.7. The van der Waals surface area contributed by atoms with Gasteiger partial charge in [0.2, 0.25) is 0 Å². The van der Waals surface area contributed by atoms with Gasteiger partial charge in [0.05, 0.1) is 0 Å². The number of benzene rings is 5. The summed E-state index contributed by atoms with van der Waals surface area (Å²) in [4.78, 5) is 0. The number of unbranched alkanes of at least 4 members (excludes halogenated alkanes) is 12. The van der Waals surface area contributed by atoms with Crippen molar-refractivity contribution in [1.82, 2.24) is 0 Å². The third kappa shape index (κ3) is 8.53. The second-order valence-electron chi connectivity index (χ2n) is 14.3. The number of hydrogen-bond donors (Lipinski definition) is 0. The lowest BCUT2D eigenvalue weighted by Gasteiger charge is -2.16. The van der Waals surface area contributed by atoms with Crippen molar-refractivity contribution < 1.29 is 0 Å². The van der Waals surface area contributed by atoms with Gasteiger partial charge in [-0.2, -0.15) is 0 Å². The highest BCUT2D eigenvalue weighted by Gasteiger charge is 2.13. The number of aryl methyl sites for hydroxylation is 4. The maximum absolute atomic E-state index is 2.59. The summed E-state index contributed by atoms with van der Waals surface area (Å²) in [5.74, 6) is 0. The normalized spacial score (nSPS) is 11.9. The Hall–Kier alpha value is -2.86. The van der Waals surface area contributed by atoms with Crippen molar-refractivity contribution in [2.45, 2.75) is 156 Å². The Bertz CT molecular complexity index is 1560. The van der Waals surface area contributed by atoms with E-state index in [1.165, 1.54) is 172 Å². The third-order valence-electron chi connectivity index (χ3n) is 10.7. The van der Waals surface area contributed by atoms with E-state index in [4.69, 9.17) is 0 Å². The molecule has 0 saturated heterocycles. The van der Waals surface area contributed by atoms with Crippen molar-refractivity contribution in [3.05, 3.63) is 82.9 Å². The molecule has 0 amide bonds. The van der Waals surface area contributed by atoms with E-state index in [2.05, 4.69) is 88.4 Å². The fourth-order valence-corrected chi connectivity index (χ4v) is 7.87. The summed E-state index contributed by atoms with van der Waals surface area (Å²) in [7, 11) is 0. The van der Waals surface area contributed by atoms with Crippen molar-refractivity contribution in [3.63, 3.8) is 0 Å². The summed E-state index contributed by atoms with van der Waals surface area (Å²) >= 11 is 0. The minimum Gasteiger partial charge on any atom is -0.0654 e. The summed E-state index contributed by atoms with van der Waals surface area (Å²) in [6.45, 7) is 9.26. The first kappa shape index (κ1) is 34.5. The van der Waals surface area contributed by atoms with Gasteiger partial charge in [0.25, 0.3) is 0 Å². The highest BCUT2D eigenvalue weighted by molar-refractivity contribution is 6.22. The molecule has 5 rings (SSSR count). The molecule has 0 unspecified atom stereocenters. The smallest absolute Gasteiger partial charge is 0.00987 e. The van der Waals surface area contributed by atoms with Crippen LogP contribution in [0.2, 0.25) is 0 Å². The maximum Gasteiger partial charge on any atom is -0.00987 e. The maximum atomic E-state index is 2.59. The molecule has 0 saturated carbocycles. The molecule has 0 radical (unpaired) electrons. The topological polar surface area (TPSA) is 0 Å². The monoisotopic (exact) mass is 614 g/mol. The molecule has 0 aromatic heterocycles. The number of rotatable bonds is 20. The number of fused-ring (bicyclic) bond motifs is 7. The van der Waals surface area contributed by atoms with E-state index in [1.807, 2.05) is 0 Å². The minimum absolute atomic E-state index is 1.22. The standard InChI is InChI=1S/C46H62/c1-5-9-13-17-21-35-31-39-25-27-41-42-28-26-40-32-36(22-18-14-10-6-2)38(24-20-16-12-8-4)34-46(40)44(42)30-29-43(41)45(39)33-37(35)23-19-15-11-7-3/h25-34H,5-24H2,1-4H3. The Balaban J connectivity index is 1.55. The average Bonchev–Trinajstić information content (AvgIpc) is 3.08. The van der Waals surface area contributed by atoms with Crippen LogP contribution in [0, 0.1) is 0 Å². The van der Waals surface area contributed by atoms with Crippen LogP contribution < -0.4 is 0 Å². The predicted octanol–water partition coefficient (Wildman–Crippen LogP) is 14.8. The van der Waals surface area contributed by atoms with Crippen LogP contribution in [0.5, 0.6) is 0 Å². The van der Waals surface area contributed by atoms with Crippen LogP contribution in [0.1, 0.15) is 153 Å². The Morgan fingerprint density at radius 1 is 0.283 bits per heavy atom. The van der Waals surface area contributed by atoms with Gasteiger partial charge in [0, 0.05) is 0 Å². The molecule has 0 atom stereocenters. The van der Waals surface area contributed by atoms with Crippen molar-refractivity contribution in [2.24, 2.45) is 0 Å². The molecular formula is C46H62. The minimum atomic E-state index is 1.22. The predicted molar refractivity (Wildman–Crippen MR) is 208 cm³/mol. The van der Waals surface area contributed by atoms with Gasteiger partial charge in [0.1, 0.15) is 0 Å². The fourth-order valence-electron chi connectivity index (χ4n) is 7.87. The van der Waals surface area contributed by atoms with Crippen molar-refractivity contribution in [3.8, 4) is 0 Å². The molecule has 0 aliphatic heterocycles. The molecule has 0 N–H and O–H groups in total. The molecule has 5 aromatic rings. The molecule has 46 heavy (non-hydrogen) atoms. The van der Waals surface area contributed by atoms with E-state index in [0.29, 0.717) is 0 Å². The van der Waals surface area contributed by atoms with Gasteiger partial charge in [-0.1, -0.05) is 165 Å². The first-order valence-corrected chi connectivity index (χ1v) is 19.5. The van der Waals surface area contributed by atoms with Crippen LogP contribution in [-0.4, -0.2) is 0 Å². The first-order chi connectivity index (χ1) is 22.7. The first-order valence-electron chi connectivity index (χ1n) is 19.5. The van der Waals surface area contributed by atoms with E-state index in [9.17, 15) is 0 Å². The van der Waals surface area contributed by atoms with Gasteiger partial charge >= 0.3 is 0 Å². The van der Waals surface area contributed by atoms with E-state index < -0.39 is 0 Å². The zero-order valence-corrected chi connectivity index (χ0v) is 29.9. The van der Waals surface area contributed by atoms with Gasteiger partial charge in [-0.15, -0.1) is 0 Å². The molecule has 5 aromatic carbocycles. The molecule has 0 nitrogen and oxygen atoms in total. The molecule has 0 aliphatic carbocycles. The zero-order valence-electron chi connectivity index (χ0n) is 29.9. The lowest BCUT2D eigenvalue weighted by molar-refractivity contribution is 0.651. The molecule has 0 aliphatic rings. The molecule has 0 heterocycles. The number of hydrogen-bond acceptors (Lipinski definition) is 0. The van der Waals surface area contributed by atoms with E-state index in [1.54, 1.807) is 22.3 Å². The molecule has 0 fully saturated rings. The van der Waals surface area contributed by atoms with Crippen molar-refractivity contribution in [2.75, 3.05) is 0 Å². The van der Waals surface area contributed by atoms with Crippen LogP contribution in [0.25, 0.3) is 43.1 Å². The SMILES string of the molecule is CCCCCCc1cc2ccc3c(ccc4c5cc(CCCCCC)c(CCCCCC)cc5ccc43)c2cc1CCCCCC. The molecule has 0 bridgehead atoms. The van der Waals surface area contributed by atoms with Crippen LogP contribution in [0.4, 0.5) is 0 Å². The van der Waals surface area contributed by atoms with E-state index in [-0.39, 0.29) is 0 Å². The Kier molecular flexibility index (Phi) is 13.4. The van der Waals surface area contributed by atoms with Crippen LogP contribution in [0.3, 0.4) is 0 Å². The van der Waals surface area contributed by atoms with E-state index in [0.717, 1.165) is 0 Å². The van der Waals surface area contributed by atoms with Gasteiger partial charge in [-0.05, 0) is 117 Å². The van der Waals surface area contributed by atoms with Crippen molar-refractivity contribution >= 4 is 43.1 Å². The average molecular weight is 615 g/mol. The highest BCUT2D eigenvalue weighted by atomic mass is 14.2. The Morgan fingerprint density at radius 2 is 0.565 bits per heavy atom. The zero-order chi connectivity index (χ0) is 32.1. The van der Waals surface area contributed by atoms with Crippen molar-refractivity contribution in [1.29, 1.82) is 0 Å². The van der Waals surface area contributed by atoms with Crippen LogP contribution >= 0.6 is 0 Å². The van der Waals surface area contributed by atoms with Gasteiger partial charge in [0.15, 0.2) is 0 Å². The summed E-state index contributed by atoms with van der Waals surface area (Å²) in [5, 5.41) is 11.4. The molecule has 0 spiro atoms. The highest BCUT2D eigenvalue weighted by Crippen LogP contribution is 2.37. The summed E-state index contributed by atoms with van der Waals surface area (Å²) < 4.78 is 0. The summed E-state index contributed by atoms with van der Waals surface area (Å²) in [6.07, 6.45) is 26.1. The van der Waals surface area contributed by atoms with Crippen LogP contribution in [-0.2, 0) is 25.7 Å². The Labute approximate surface area is 281 Å². The largest absolute Gasteiger partial charge is 0.0654 e. The molecule has 0 heteroatoms. The summed E-state index contributed by atoms with van der Waals surface area (Å²) in [5.41, 5.74) is 6.40. The molecule has 246 valence electrons. The second-order valence-corrected chi connectivity index (χ2v) is 14.3. The van der Waals surface area contributed by atoms with Gasteiger partial charge in [-0.3, -0.25) is 0 Å². The Morgan fingerprint density at radius 3 is 0.891 bits per heavy atom. The molecular weight excluding hydrogens is 553 g/mol. The lowest BCUT2D eigenvalue weighted by atomic mass is 9.88. The lowest BCUT2D eigenvalue weighted by Crippen LogP contribution is -1.97. The van der Waals surface area contributed by atoms with E-state index >= 15 is 0 Å². The van der Waals surface area contributed by atoms with Gasteiger partial charge in [-0.25, -0.2) is 0 Å². The van der Waals surface area contributed by atoms with Gasteiger partial charge < -0.3 is 0 Å². The fraction of sp³-hybridized carbons (Fsp3) is 0.522. The van der Waals surface area contributed by atoms with Crippen LogP contribution in [0.15, 0.2) is 60.7 Å². The quantitative estimate of drug-likeness (QED) is 0.0604.